The van der Waals surface area contributed by atoms with E-state index in [1.165, 1.54) is 10.6 Å². The van der Waals surface area contributed by atoms with Crippen molar-refractivity contribution in [3.8, 4) is 0 Å². The Hall–Kier alpha value is -2.27. The van der Waals surface area contributed by atoms with Crippen LogP contribution in [0.4, 0.5) is 5.69 Å². The van der Waals surface area contributed by atoms with Crippen molar-refractivity contribution in [3.05, 3.63) is 54.5 Å². The first-order valence-electron chi connectivity index (χ1n) is 9.11. The van der Waals surface area contributed by atoms with Crippen molar-refractivity contribution in [3.63, 3.8) is 0 Å². The molecule has 0 spiro atoms. The van der Waals surface area contributed by atoms with E-state index in [2.05, 4.69) is 40.5 Å². The Kier molecular flexibility index (Phi) is 5.76. The van der Waals surface area contributed by atoms with Gasteiger partial charge in [0, 0.05) is 11.6 Å². The first kappa shape index (κ1) is 17.5. The molecule has 1 aromatic heterocycles. The lowest BCUT2D eigenvalue weighted by Crippen LogP contribution is -3.15. The minimum Gasteiger partial charge on any atom is -0.463 e. The fourth-order valence-electron chi connectivity index (χ4n) is 3.38. The molecule has 25 heavy (non-hydrogen) atoms. The number of para-hydroxylation sites is 1. The Labute approximate surface area is 149 Å². The maximum absolute atomic E-state index is 12.0. The summed E-state index contributed by atoms with van der Waals surface area (Å²) in [7, 11) is 0. The van der Waals surface area contributed by atoms with E-state index in [4.69, 9.17) is 4.42 Å². The molecule has 5 nitrogen and oxygen atoms in total. The summed E-state index contributed by atoms with van der Waals surface area (Å²) in [5.74, 6) is 1.05. The lowest BCUT2D eigenvalue weighted by Gasteiger charge is -2.37. The summed E-state index contributed by atoms with van der Waals surface area (Å²) in [6, 6.07) is 14.7. The molecule has 1 aliphatic rings. The molecule has 1 amide bonds. The van der Waals surface area contributed by atoms with Crippen LogP contribution in [0.5, 0.6) is 0 Å². The Morgan fingerprint density at radius 2 is 1.88 bits per heavy atom. The molecular formula is C20H28N3O2+. The van der Waals surface area contributed by atoms with Crippen LogP contribution in [0, 0.1) is 5.92 Å². The molecule has 1 aliphatic heterocycles. The Balaban J connectivity index is 1.63. The zero-order valence-corrected chi connectivity index (χ0v) is 15.1. The third-order valence-corrected chi connectivity index (χ3v) is 4.91. The van der Waals surface area contributed by atoms with Gasteiger partial charge in [0.1, 0.15) is 0 Å². The molecule has 2 aromatic rings. The molecule has 0 unspecified atom stereocenters. The van der Waals surface area contributed by atoms with E-state index in [1.54, 1.807) is 6.26 Å². The molecule has 0 aliphatic carbocycles. The summed E-state index contributed by atoms with van der Waals surface area (Å²) in [6.45, 7) is 8.52. The quantitative estimate of drug-likeness (QED) is 0.836. The first-order chi connectivity index (χ1) is 12.1. The van der Waals surface area contributed by atoms with Crippen molar-refractivity contribution < 1.29 is 14.1 Å². The molecule has 134 valence electrons. The van der Waals surface area contributed by atoms with Gasteiger partial charge in [-0.1, -0.05) is 32.0 Å². The van der Waals surface area contributed by atoms with Gasteiger partial charge in [-0.15, -0.1) is 0 Å². The number of nitrogens with one attached hydrogen (secondary N) is 2. The summed E-state index contributed by atoms with van der Waals surface area (Å²) in [6.07, 6.45) is 1.71. The van der Waals surface area contributed by atoms with E-state index < -0.39 is 0 Å². The van der Waals surface area contributed by atoms with Crippen LogP contribution in [0.1, 0.15) is 25.6 Å². The third-order valence-electron chi connectivity index (χ3n) is 4.91. The highest BCUT2D eigenvalue weighted by molar-refractivity contribution is 5.77. The second kappa shape index (κ2) is 8.21. The van der Waals surface area contributed by atoms with Crippen molar-refractivity contribution in [2.45, 2.75) is 19.9 Å². The van der Waals surface area contributed by atoms with E-state index in [0.29, 0.717) is 6.54 Å². The van der Waals surface area contributed by atoms with Gasteiger partial charge in [-0.05, 0) is 24.3 Å². The average Bonchev–Trinajstić information content (AvgIpc) is 3.17. The second-order valence-corrected chi connectivity index (χ2v) is 6.95. The smallest absolute Gasteiger partial charge is 0.222 e. The maximum atomic E-state index is 12.0. The van der Waals surface area contributed by atoms with Crippen molar-refractivity contribution in [2.24, 2.45) is 5.92 Å². The number of anilines is 1. The Bertz CT molecular complexity index is 647. The minimum absolute atomic E-state index is 0.00202. The van der Waals surface area contributed by atoms with Crippen molar-refractivity contribution in [1.29, 1.82) is 0 Å². The fourth-order valence-corrected chi connectivity index (χ4v) is 3.38. The molecule has 2 heterocycles. The van der Waals surface area contributed by atoms with Crippen LogP contribution < -0.4 is 15.1 Å². The molecule has 1 aromatic carbocycles. The zero-order chi connectivity index (χ0) is 17.6. The van der Waals surface area contributed by atoms with Crippen molar-refractivity contribution >= 4 is 11.6 Å². The van der Waals surface area contributed by atoms with Gasteiger partial charge in [0.25, 0.3) is 0 Å². The minimum atomic E-state index is 0.00202. The van der Waals surface area contributed by atoms with Crippen LogP contribution in [0.25, 0.3) is 0 Å². The molecule has 0 radical (unpaired) electrons. The van der Waals surface area contributed by atoms with Crippen LogP contribution in [0.15, 0.2) is 53.1 Å². The SMILES string of the molecule is CC(C)C(=O)NC[C@@H](c1ccco1)[NH+]1CCN(c2ccccc2)CC1. The number of amides is 1. The Morgan fingerprint density at radius 1 is 1.16 bits per heavy atom. The van der Waals surface area contributed by atoms with Crippen LogP contribution in [-0.4, -0.2) is 38.6 Å². The third kappa shape index (κ3) is 4.42. The number of carbonyl (C=O) groups is 1. The number of carbonyl (C=O) groups excluding carboxylic acids is 1. The predicted molar refractivity (Wildman–Crippen MR) is 98.6 cm³/mol. The van der Waals surface area contributed by atoms with Crippen molar-refractivity contribution in [2.75, 3.05) is 37.6 Å². The van der Waals surface area contributed by atoms with Crippen LogP contribution in [0.3, 0.4) is 0 Å². The highest BCUT2D eigenvalue weighted by atomic mass is 16.3. The molecule has 2 N–H and O–H groups in total. The fraction of sp³-hybridized carbons (Fsp3) is 0.450. The summed E-state index contributed by atoms with van der Waals surface area (Å²) in [5, 5.41) is 3.08. The van der Waals surface area contributed by atoms with Gasteiger partial charge in [0.15, 0.2) is 11.8 Å². The number of hydrogen-bond donors (Lipinski definition) is 2. The molecule has 0 bridgehead atoms. The number of furan rings is 1. The summed E-state index contributed by atoms with van der Waals surface area (Å²) < 4.78 is 5.67. The number of benzene rings is 1. The van der Waals surface area contributed by atoms with Crippen LogP contribution in [0.2, 0.25) is 0 Å². The molecule has 5 heteroatoms. The molecule has 1 saturated heterocycles. The maximum Gasteiger partial charge on any atom is 0.222 e. The normalized spacial score (nSPS) is 16.8. The van der Waals surface area contributed by atoms with Gasteiger partial charge in [-0.2, -0.15) is 0 Å². The highest BCUT2D eigenvalue weighted by Gasteiger charge is 2.31. The van der Waals surface area contributed by atoms with Crippen LogP contribution in [-0.2, 0) is 4.79 Å². The second-order valence-electron chi connectivity index (χ2n) is 6.95. The molecule has 1 fully saturated rings. The van der Waals surface area contributed by atoms with Gasteiger partial charge >= 0.3 is 0 Å². The molecule has 3 rings (SSSR count). The van der Waals surface area contributed by atoms with Gasteiger partial charge in [0.05, 0.1) is 39.0 Å². The number of piperazine rings is 1. The molecule has 1 atom stereocenters. The van der Waals surface area contributed by atoms with Gasteiger partial charge < -0.3 is 19.5 Å². The molecule has 0 saturated carbocycles. The standard InChI is InChI=1S/C20H27N3O2/c1-16(2)20(24)21-15-18(19-9-6-14-25-19)23-12-10-22(11-13-23)17-7-4-3-5-8-17/h3-9,14,16,18H,10-13,15H2,1-2H3,(H,21,24)/p+1/t18-/m0/s1. The lowest BCUT2D eigenvalue weighted by molar-refractivity contribution is -0.932. The topological polar surface area (TPSA) is 49.9 Å². The summed E-state index contributed by atoms with van der Waals surface area (Å²) >= 11 is 0. The lowest BCUT2D eigenvalue weighted by atomic mass is 10.1. The zero-order valence-electron chi connectivity index (χ0n) is 15.1. The predicted octanol–water partition coefficient (Wildman–Crippen LogP) is 1.50. The number of quaternary nitrogens is 1. The number of rotatable bonds is 6. The van der Waals surface area contributed by atoms with Crippen LogP contribution >= 0.6 is 0 Å². The van der Waals surface area contributed by atoms with E-state index in [0.717, 1.165) is 31.9 Å². The van der Waals surface area contributed by atoms with E-state index >= 15 is 0 Å². The largest absolute Gasteiger partial charge is 0.463 e. The van der Waals surface area contributed by atoms with Gasteiger partial charge in [0.2, 0.25) is 5.91 Å². The monoisotopic (exact) mass is 342 g/mol. The molecular weight excluding hydrogens is 314 g/mol. The van der Waals surface area contributed by atoms with E-state index in [9.17, 15) is 4.79 Å². The van der Waals surface area contributed by atoms with Crippen molar-refractivity contribution in [1.82, 2.24) is 5.32 Å². The summed E-state index contributed by atoms with van der Waals surface area (Å²) in [5.41, 5.74) is 1.28. The highest BCUT2D eigenvalue weighted by Crippen LogP contribution is 2.14. The number of nitrogens with zero attached hydrogens (tertiary/aromatic N) is 1. The average molecular weight is 342 g/mol. The Morgan fingerprint density at radius 3 is 2.48 bits per heavy atom. The first-order valence-corrected chi connectivity index (χ1v) is 9.11. The summed E-state index contributed by atoms with van der Waals surface area (Å²) in [4.78, 5) is 15.9. The number of hydrogen-bond acceptors (Lipinski definition) is 3. The van der Waals surface area contributed by atoms with Gasteiger partial charge in [-0.25, -0.2) is 0 Å². The van der Waals surface area contributed by atoms with E-state index in [1.807, 2.05) is 26.0 Å². The van der Waals surface area contributed by atoms with Gasteiger partial charge in [-0.3, -0.25) is 4.79 Å². The van der Waals surface area contributed by atoms with E-state index in [-0.39, 0.29) is 17.9 Å².